The first-order valence-corrected chi connectivity index (χ1v) is 5.93. The molecule has 3 N–H and O–H groups in total. The minimum atomic E-state index is -0.998. The van der Waals surface area contributed by atoms with Gasteiger partial charge in [-0.3, -0.25) is 14.9 Å². The van der Waals surface area contributed by atoms with E-state index in [1.807, 2.05) is 45.1 Å². The summed E-state index contributed by atoms with van der Waals surface area (Å²) in [5, 5.41) is 14.6. The minimum absolute atomic E-state index is 0.0833. The van der Waals surface area contributed by atoms with Gasteiger partial charge < -0.3 is 10.4 Å². The van der Waals surface area contributed by atoms with Crippen LogP contribution in [0.1, 0.15) is 27.2 Å². The topological polar surface area (TPSA) is 78.4 Å². The second kappa shape index (κ2) is 5.82. The van der Waals surface area contributed by atoms with E-state index in [1.54, 1.807) is 0 Å². The number of rotatable bonds is 5. The van der Waals surface area contributed by atoms with Gasteiger partial charge in [0, 0.05) is 11.6 Å². The normalized spacial score (nSPS) is 16.8. The maximum atomic E-state index is 12.0. The summed E-state index contributed by atoms with van der Waals surface area (Å²) in [6.07, 6.45) is 7.23. The summed E-state index contributed by atoms with van der Waals surface area (Å²) in [7, 11) is 0. The smallest absolute Gasteiger partial charge is 0.305 e. The Hall–Kier alpha value is -1.62. The molecule has 0 unspecified atom stereocenters. The van der Waals surface area contributed by atoms with Crippen molar-refractivity contribution in [2.24, 2.45) is 0 Å². The lowest BCUT2D eigenvalue weighted by molar-refractivity contribution is -0.140. The van der Waals surface area contributed by atoms with Crippen LogP contribution in [0.4, 0.5) is 0 Å². The number of allylic oxidation sites excluding steroid dienone is 2. The van der Waals surface area contributed by atoms with Crippen LogP contribution in [-0.2, 0) is 9.59 Å². The fraction of sp³-hybridized carbons (Fsp3) is 0.538. The summed E-state index contributed by atoms with van der Waals surface area (Å²) in [5.74, 6) is -1.29. The van der Waals surface area contributed by atoms with Crippen LogP contribution in [0.5, 0.6) is 0 Å². The second-order valence-corrected chi connectivity index (χ2v) is 5.35. The fourth-order valence-corrected chi connectivity index (χ4v) is 1.63. The maximum absolute atomic E-state index is 12.0. The molecule has 0 spiro atoms. The zero-order valence-electron chi connectivity index (χ0n) is 10.9. The molecule has 5 heteroatoms. The highest BCUT2D eigenvalue weighted by Crippen LogP contribution is 2.06. The fourth-order valence-electron chi connectivity index (χ4n) is 1.63. The molecule has 0 heterocycles. The molecule has 0 bridgehead atoms. The third-order valence-corrected chi connectivity index (χ3v) is 2.34. The van der Waals surface area contributed by atoms with E-state index in [4.69, 9.17) is 5.11 Å². The second-order valence-electron chi connectivity index (χ2n) is 5.35. The van der Waals surface area contributed by atoms with Crippen LogP contribution in [0, 0.1) is 0 Å². The molecule has 1 rings (SSSR count). The van der Waals surface area contributed by atoms with Gasteiger partial charge in [-0.1, -0.05) is 24.3 Å². The van der Waals surface area contributed by atoms with Crippen LogP contribution in [0.15, 0.2) is 24.3 Å². The Bertz CT molecular complexity index is 368. The van der Waals surface area contributed by atoms with E-state index in [-0.39, 0.29) is 23.9 Å². The SMILES string of the molecule is CC(C)(C)NC(=O)[C@H](CC(=O)O)NC1C=CC=C1. The van der Waals surface area contributed by atoms with Crippen molar-refractivity contribution >= 4 is 11.9 Å². The quantitative estimate of drug-likeness (QED) is 0.677. The number of amides is 1. The van der Waals surface area contributed by atoms with Gasteiger partial charge in [-0.05, 0) is 20.8 Å². The van der Waals surface area contributed by atoms with E-state index in [0.717, 1.165) is 0 Å². The summed E-state index contributed by atoms with van der Waals surface area (Å²) in [4.78, 5) is 22.8. The Balaban J connectivity index is 2.64. The first-order chi connectivity index (χ1) is 8.28. The molecule has 1 atom stereocenters. The highest BCUT2D eigenvalue weighted by molar-refractivity contribution is 5.86. The Morgan fingerprint density at radius 1 is 1.28 bits per heavy atom. The molecule has 1 amide bonds. The molecule has 1 aliphatic carbocycles. The van der Waals surface area contributed by atoms with Crippen molar-refractivity contribution in [2.75, 3.05) is 0 Å². The largest absolute Gasteiger partial charge is 0.481 e. The molecule has 0 aromatic rings. The molecular formula is C13H20N2O3. The van der Waals surface area contributed by atoms with E-state index in [0.29, 0.717) is 0 Å². The van der Waals surface area contributed by atoms with Gasteiger partial charge >= 0.3 is 5.97 Å². The van der Waals surface area contributed by atoms with Crippen LogP contribution in [0.2, 0.25) is 0 Å². The van der Waals surface area contributed by atoms with Crippen molar-refractivity contribution in [3.05, 3.63) is 24.3 Å². The molecular weight excluding hydrogens is 232 g/mol. The molecule has 0 aromatic carbocycles. The van der Waals surface area contributed by atoms with Crippen LogP contribution < -0.4 is 10.6 Å². The van der Waals surface area contributed by atoms with Gasteiger partial charge in [0.05, 0.1) is 12.5 Å². The number of carboxylic acid groups (broad SMARTS) is 1. The third-order valence-electron chi connectivity index (χ3n) is 2.34. The summed E-state index contributed by atoms with van der Waals surface area (Å²) >= 11 is 0. The number of hydrogen-bond acceptors (Lipinski definition) is 3. The summed E-state index contributed by atoms with van der Waals surface area (Å²) in [6.45, 7) is 5.58. The Labute approximate surface area is 107 Å². The number of carbonyl (C=O) groups is 2. The lowest BCUT2D eigenvalue weighted by Gasteiger charge is -2.26. The maximum Gasteiger partial charge on any atom is 0.305 e. The van der Waals surface area contributed by atoms with Crippen LogP contribution in [0.3, 0.4) is 0 Å². The van der Waals surface area contributed by atoms with Gasteiger partial charge in [-0.15, -0.1) is 0 Å². The average molecular weight is 252 g/mol. The predicted molar refractivity (Wildman–Crippen MR) is 69.1 cm³/mol. The van der Waals surface area contributed by atoms with E-state index < -0.39 is 12.0 Å². The molecule has 18 heavy (non-hydrogen) atoms. The highest BCUT2D eigenvalue weighted by atomic mass is 16.4. The Morgan fingerprint density at radius 2 is 1.83 bits per heavy atom. The Kier molecular flexibility index (Phi) is 4.67. The summed E-state index contributed by atoms with van der Waals surface area (Å²) in [5.41, 5.74) is -0.378. The summed E-state index contributed by atoms with van der Waals surface area (Å²) in [6, 6.07) is -0.820. The monoisotopic (exact) mass is 252 g/mol. The number of carbonyl (C=O) groups excluding carboxylic acids is 1. The molecule has 0 aromatic heterocycles. The van der Waals surface area contributed by atoms with Gasteiger partial charge in [0.25, 0.3) is 0 Å². The van der Waals surface area contributed by atoms with Crippen molar-refractivity contribution in [1.29, 1.82) is 0 Å². The molecule has 0 saturated carbocycles. The number of nitrogens with one attached hydrogen (secondary N) is 2. The van der Waals surface area contributed by atoms with Gasteiger partial charge in [-0.25, -0.2) is 0 Å². The molecule has 0 aliphatic heterocycles. The zero-order valence-corrected chi connectivity index (χ0v) is 10.9. The minimum Gasteiger partial charge on any atom is -0.481 e. The van der Waals surface area contributed by atoms with Crippen molar-refractivity contribution in [3.8, 4) is 0 Å². The predicted octanol–water partition coefficient (Wildman–Crippen LogP) is 0.829. The molecule has 5 nitrogen and oxygen atoms in total. The van der Waals surface area contributed by atoms with Gasteiger partial charge in [0.2, 0.25) is 5.91 Å². The molecule has 0 fully saturated rings. The van der Waals surface area contributed by atoms with E-state index in [9.17, 15) is 9.59 Å². The van der Waals surface area contributed by atoms with Gasteiger partial charge in [0.1, 0.15) is 0 Å². The van der Waals surface area contributed by atoms with Crippen LogP contribution in [0.25, 0.3) is 0 Å². The van der Waals surface area contributed by atoms with E-state index in [1.165, 1.54) is 0 Å². The Morgan fingerprint density at radius 3 is 2.28 bits per heavy atom. The highest BCUT2D eigenvalue weighted by Gasteiger charge is 2.26. The van der Waals surface area contributed by atoms with Gasteiger partial charge in [0.15, 0.2) is 0 Å². The van der Waals surface area contributed by atoms with Crippen LogP contribution in [-0.4, -0.2) is 34.6 Å². The molecule has 0 saturated heterocycles. The van der Waals surface area contributed by atoms with Crippen LogP contribution >= 0.6 is 0 Å². The molecule has 0 radical (unpaired) electrons. The van der Waals surface area contributed by atoms with Crippen molar-refractivity contribution in [1.82, 2.24) is 10.6 Å². The van der Waals surface area contributed by atoms with Crippen molar-refractivity contribution in [3.63, 3.8) is 0 Å². The van der Waals surface area contributed by atoms with Crippen molar-refractivity contribution < 1.29 is 14.7 Å². The lowest BCUT2D eigenvalue weighted by Crippen LogP contribution is -2.53. The summed E-state index contributed by atoms with van der Waals surface area (Å²) < 4.78 is 0. The molecule has 100 valence electrons. The van der Waals surface area contributed by atoms with Crippen molar-refractivity contribution in [2.45, 2.75) is 44.8 Å². The zero-order chi connectivity index (χ0) is 13.8. The number of carboxylic acids is 1. The third kappa shape index (κ3) is 5.14. The first-order valence-electron chi connectivity index (χ1n) is 5.93. The first kappa shape index (κ1) is 14.4. The van der Waals surface area contributed by atoms with E-state index >= 15 is 0 Å². The van der Waals surface area contributed by atoms with E-state index in [2.05, 4.69) is 10.6 Å². The number of aliphatic carboxylic acids is 1. The lowest BCUT2D eigenvalue weighted by atomic mass is 10.1. The standard InChI is InChI=1S/C13H20N2O3/c1-13(2,3)15-12(18)10(8-11(16)17)14-9-6-4-5-7-9/h4-7,9-10,14H,8H2,1-3H3,(H,15,18)(H,16,17)/t10-/m0/s1. The molecule has 1 aliphatic rings. The van der Waals surface area contributed by atoms with Gasteiger partial charge in [-0.2, -0.15) is 0 Å². The number of hydrogen-bond donors (Lipinski definition) is 3. The average Bonchev–Trinajstić information content (AvgIpc) is 2.65.